The molecule has 0 bridgehead atoms. The van der Waals surface area contributed by atoms with Crippen molar-refractivity contribution >= 4 is 29.6 Å². The highest BCUT2D eigenvalue weighted by Crippen LogP contribution is 2.29. The number of hydrogen-bond acceptors (Lipinski definition) is 7. The monoisotopic (exact) mass is 416 g/mol. The quantitative estimate of drug-likeness (QED) is 0.710. The van der Waals surface area contributed by atoms with Crippen LogP contribution >= 0.6 is 11.8 Å². The third kappa shape index (κ3) is 4.08. The van der Waals surface area contributed by atoms with Gasteiger partial charge in [0.2, 0.25) is 11.9 Å². The molecule has 1 N–H and O–H groups in total. The Morgan fingerprint density at radius 1 is 1.21 bits per heavy atom. The number of hydrogen-bond donors (Lipinski definition) is 1. The minimum atomic E-state index is -0.331. The second-order valence-corrected chi connectivity index (χ2v) is 7.71. The number of nitrogens with zero attached hydrogens (tertiary/aromatic N) is 5. The Labute approximate surface area is 173 Å². The molecule has 2 aliphatic rings. The number of benzene rings is 1. The minimum Gasteiger partial charge on any atom is -0.378 e. The lowest BCUT2D eigenvalue weighted by molar-refractivity contribution is -0.124. The highest BCUT2D eigenvalue weighted by molar-refractivity contribution is 7.99. The number of rotatable bonds is 6. The topological polar surface area (TPSA) is 92.6 Å². The molecule has 0 atom stereocenters. The van der Waals surface area contributed by atoms with E-state index in [2.05, 4.69) is 33.4 Å². The molecule has 4 rings (SSSR count). The third-order valence-corrected chi connectivity index (χ3v) is 5.92. The Morgan fingerprint density at radius 3 is 2.72 bits per heavy atom. The van der Waals surface area contributed by atoms with Gasteiger partial charge in [0.05, 0.1) is 24.7 Å². The van der Waals surface area contributed by atoms with Gasteiger partial charge in [-0.2, -0.15) is 0 Å². The molecule has 2 aliphatic heterocycles. The highest BCUT2D eigenvalue weighted by Gasteiger charge is 2.28. The first-order chi connectivity index (χ1) is 14.2. The van der Waals surface area contributed by atoms with E-state index < -0.39 is 0 Å². The van der Waals surface area contributed by atoms with E-state index in [0.717, 1.165) is 31.1 Å². The molecule has 0 saturated carbocycles. The number of morpholine rings is 1. The summed E-state index contributed by atoms with van der Waals surface area (Å²) in [6.45, 7) is 5.79. The van der Waals surface area contributed by atoms with Crippen molar-refractivity contribution in [3.05, 3.63) is 29.8 Å². The summed E-state index contributed by atoms with van der Waals surface area (Å²) >= 11 is 1.30. The predicted octanol–water partition coefficient (Wildman–Crippen LogP) is 1.31. The lowest BCUT2D eigenvalue weighted by atomic mass is 10.1. The molecule has 3 heterocycles. The maximum absolute atomic E-state index is 12.5. The van der Waals surface area contributed by atoms with Crippen LogP contribution in [0.2, 0.25) is 0 Å². The predicted molar refractivity (Wildman–Crippen MR) is 110 cm³/mol. The Balaban J connectivity index is 1.63. The number of anilines is 1. The second-order valence-electron chi connectivity index (χ2n) is 6.77. The summed E-state index contributed by atoms with van der Waals surface area (Å²) in [5, 5.41) is 12.1. The van der Waals surface area contributed by atoms with Crippen molar-refractivity contribution in [2.45, 2.75) is 18.5 Å². The molecule has 0 aliphatic carbocycles. The molecule has 0 radical (unpaired) electrons. The van der Waals surface area contributed by atoms with Crippen LogP contribution < -0.4 is 10.2 Å². The van der Waals surface area contributed by atoms with E-state index in [1.807, 2.05) is 22.8 Å². The third-order valence-electron chi connectivity index (χ3n) is 5.01. The molecule has 154 valence electrons. The minimum absolute atomic E-state index is 0.128. The fraction of sp³-hybridized carbons (Fsp3) is 0.474. The van der Waals surface area contributed by atoms with Gasteiger partial charge in [-0.25, -0.2) is 4.79 Å². The average Bonchev–Trinajstić information content (AvgIpc) is 3.38. The van der Waals surface area contributed by atoms with E-state index in [1.54, 1.807) is 0 Å². The molecule has 2 saturated heterocycles. The standard InChI is InChI=1S/C19H24N6O3S/c1-2-14-5-3-4-6-15(14)25-17(23-9-11-28-12-10-23)21-22-19(25)29-13-16(26)24-8-7-20-18(24)27/h3-6H,2,7-13H2,1H3,(H,20,27). The van der Waals surface area contributed by atoms with Gasteiger partial charge in [0.15, 0.2) is 5.16 Å². The van der Waals surface area contributed by atoms with Gasteiger partial charge in [-0.05, 0) is 18.1 Å². The van der Waals surface area contributed by atoms with Crippen molar-refractivity contribution in [1.82, 2.24) is 25.0 Å². The molecule has 0 spiro atoms. The van der Waals surface area contributed by atoms with Crippen LogP contribution in [0.3, 0.4) is 0 Å². The van der Waals surface area contributed by atoms with Crippen LogP contribution in [0.25, 0.3) is 5.69 Å². The largest absolute Gasteiger partial charge is 0.378 e. The summed E-state index contributed by atoms with van der Waals surface area (Å²) in [6.07, 6.45) is 0.869. The smallest absolute Gasteiger partial charge is 0.324 e. The summed E-state index contributed by atoms with van der Waals surface area (Å²) in [6, 6.07) is 7.82. The molecule has 1 aromatic carbocycles. The van der Waals surface area contributed by atoms with E-state index in [1.165, 1.54) is 22.2 Å². The average molecular weight is 417 g/mol. The maximum Gasteiger partial charge on any atom is 0.324 e. The fourth-order valence-electron chi connectivity index (χ4n) is 3.48. The number of carbonyl (C=O) groups is 2. The van der Waals surface area contributed by atoms with Crippen LogP contribution in [-0.4, -0.2) is 76.7 Å². The Hall–Kier alpha value is -2.59. The van der Waals surface area contributed by atoms with Gasteiger partial charge >= 0.3 is 6.03 Å². The van der Waals surface area contributed by atoms with Crippen LogP contribution in [0.5, 0.6) is 0 Å². The number of para-hydroxylation sites is 1. The summed E-state index contributed by atoms with van der Waals surface area (Å²) in [5.74, 6) is 0.655. The first kappa shape index (κ1) is 19.7. The van der Waals surface area contributed by atoms with Crippen LogP contribution in [0.1, 0.15) is 12.5 Å². The van der Waals surface area contributed by atoms with Gasteiger partial charge in [0, 0.05) is 26.2 Å². The normalized spacial score (nSPS) is 16.9. The van der Waals surface area contributed by atoms with Crippen molar-refractivity contribution in [2.75, 3.05) is 50.0 Å². The SMILES string of the molecule is CCc1ccccc1-n1c(SCC(=O)N2CCNC2=O)nnc1N1CCOCC1. The van der Waals surface area contributed by atoms with Crippen LogP contribution in [0.15, 0.2) is 29.4 Å². The first-order valence-corrected chi connectivity index (χ1v) is 10.7. The zero-order valence-corrected chi connectivity index (χ0v) is 17.2. The van der Waals surface area contributed by atoms with Crippen molar-refractivity contribution in [1.29, 1.82) is 0 Å². The molecule has 3 amide bonds. The van der Waals surface area contributed by atoms with E-state index in [9.17, 15) is 9.59 Å². The van der Waals surface area contributed by atoms with Crippen molar-refractivity contribution in [3.63, 3.8) is 0 Å². The van der Waals surface area contributed by atoms with E-state index in [0.29, 0.717) is 31.5 Å². The summed E-state index contributed by atoms with van der Waals surface area (Å²) in [4.78, 5) is 27.6. The lowest BCUT2D eigenvalue weighted by Gasteiger charge is -2.28. The zero-order valence-electron chi connectivity index (χ0n) is 16.3. The van der Waals surface area contributed by atoms with Crippen molar-refractivity contribution in [3.8, 4) is 5.69 Å². The Kier molecular flexibility index (Phi) is 6.00. The molecular formula is C19H24N6O3S. The number of imide groups is 1. The molecular weight excluding hydrogens is 392 g/mol. The Morgan fingerprint density at radius 2 is 2.00 bits per heavy atom. The van der Waals surface area contributed by atoms with Crippen LogP contribution in [-0.2, 0) is 16.0 Å². The molecule has 2 aromatic rings. The number of ether oxygens (including phenoxy) is 1. The number of thioether (sulfide) groups is 1. The Bertz CT molecular complexity index is 896. The number of carbonyl (C=O) groups excluding carboxylic acids is 2. The second kappa shape index (κ2) is 8.83. The van der Waals surface area contributed by atoms with Crippen molar-refractivity contribution in [2.24, 2.45) is 0 Å². The van der Waals surface area contributed by atoms with E-state index >= 15 is 0 Å². The maximum atomic E-state index is 12.5. The van der Waals surface area contributed by atoms with Gasteiger partial charge in [-0.15, -0.1) is 10.2 Å². The van der Waals surface area contributed by atoms with Gasteiger partial charge in [-0.1, -0.05) is 36.9 Å². The molecule has 9 nitrogen and oxygen atoms in total. The lowest BCUT2D eigenvalue weighted by Crippen LogP contribution is -2.38. The van der Waals surface area contributed by atoms with Gasteiger partial charge in [0.25, 0.3) is 0 Å². The van der Waals surface area contributed by atoms with E-state index in [-0.39, 0.29) is 17.7 Å². The van der Waals surface area contributed by atoms with Crippen molar-refractivity contribution < 1.29 is 14.3 Å². The first-order valence-electron chi connectivity index (χ1n) is 9.76. The molecule has 29 heavy (non-hydrogen) atoms. The summed E-state index contributed by atoms with van der Waals surface area (Å²) < 4.78 is 7.49. The highest BCUT2D eigenvalue weighted by atomic mass is 32.2. The number of amides is 3. The number of urea groups is 1. The number of aromatic nitrogens is 3. The molecule has 2 fully saturated rings. The van der Waals surface area contributed by atoms with Gasteiger partial charge in [-0.3, -0.25) is 14.3 Å². The number of aryl methyl sites for hydroxylation is 1. The molecule has 1 aromatic heterocycles. The fourth-order valence-corrected chi connectivity index (χ4v) is 4.29. The van der Waals surface area contributed by atoms with Crippen LogP contribution in [0.4, 0.5) is 10.7 Å². The molecule has 10 heteroatoms. The molecule has 0 unspecified atom stereocenters. The van der Waals surface area contributed by atoms with Gasteiger partial charge in [0.1, 0.15) is 0 Å². The van der Waals surface area contributed by atoms with Gasteiger partial charge < -0.3 is 15.0 Å². The number of nitrogens with one attached hydrogen (secondary N) is 1. The van der Waals surface area contributed by atoms with E-state index in [4.69, 9.17) is 4.74 Å². The zero-order chi connectivity index (χ0) is 20.2. The summed E-state index contributed by atoms with van der Waals surface area (Å²) in [7, 11) is 0. The summed E-state index contributed by atoms with van der Waals surface area (Å²) in [5.41, 5.74) is 2.18. The van der Waals surface area contributed by atoms with Crippen LogP contribution in [0, 0.1) is 0 Å².